The lowest BCUT2D eigenvalue weighted by Crippen LogP contribution is -2.33. The van der Waals surface area contributed by atoms with Crippen LogP contribution in [0, 0.1) is 5.92 Å². The Kier molecular flexibility index (Phi) is 8.81. The van der Waals surface area contributed by atoms with E-state index in [9.17, 15) is 10.2 Å². The average molecular weight is 633 g/mol. The van der Waals surface area contributed by atoms with Crippen LogP contribution in [0.4, 0.5) is 0 Å². The summed E-state index contributed by atoms with van der Waals surface area (Å²) < 4.78 is 11.2. The molecule has 2 aliphatic heterocycles. The van der Waals surface area contributed by atoms with E-state index in [1.807, 2.05) is 60.7 Å². The smallest absolute Gasteiger partial charge is 0.224 e. The number of rotatable bonds is 9. The summed E-state index contributed by atoms with van der Waals surface area (Å²) in [6.45, 7) is 1.16. The van der Waals surface area contributed by atoms with Gasteiger partial charge in [0.25, 0.3) is 0 Å². The highest BCUT2D eigenvalue weighted by atomic mass is 35.5. The van der Waals surface area contributed by atoms with Crippen LogP contribution >= 0.6 is 23.2 Å². The van der Waals surface area contributed by atoms with E-state index in [0.717, 1.165) is 28.0 Å². The third-order valence-corrected chi connectivity index (χ3v) is 8.64. The van der Waals surface area contributed by atoms with Gasteiger partial charge in [-0.1, -0.05) is 59.6 Å². The molecule has 3 N–H and O–H groups in total. The maximum Gasteiger partial charge on any atom is 0.224 e. The van der Waals surface area contributed by atoms with Crippen molar-refractivity contribution in [3.8, 4) is 45.4 Å². The van der Waals surface area contributed by atoms with E-state index in [4.69, 9.17) is 42.6 Å². The second-order valence-corrected chi connectivity index (χ2v) is 11.4. The van der Waals surface area contributed by atoms with Crippen molar-refractivity contribution in [2.45, 2.75) is 12.5 Å². The Bertz CT molecular complexity index is 1650. The zero-order valence-electron chi connectivity index (χ0n) is 24.2. The van der Waals surface area contributed by atoms with Crippen molar-refractivity contribution in [1.82, 2.24) is 15.3 Å². The maximum atomic E-state index is 9.53. The first-order valence-electron chi connectivity index (χ1n) is 14.2. The number of nitrogens with one attached hydrogen (secondary N) is 1. The number of pyridine rings is 2. The molecule has 4 heterocycles. The Labute approximate surface area is 265 Å². The average Bonchev–Trinajstić information content (AvgIpc) is 3.75. The molecule has 0 spiro atoms. The monoisotopic (exact) mass is 631 g/mol. The van der Waals surface area contributed by atoms with Crippen LogP contribution in [0.3, 0.4) is 0 Å². The summed E-state index contributed by atoms with van der Waals surface area (Å²) in [6, 6.07) is 18.9. The van der Waals surface area contributed by atoms with Crippen molar-refractivity contribution < 1.29 is 19.7 Å². The van der Waals surface area contributed by atoms with Gasteiger partial charge in [-0.2, -0.15) is 0 Å². The number of hydrogen-bond acceptors (Lipinski definition) is 9. The Hall–Kier alpha value is -4.02. The van der Waals surface area contributed by atoms with Gasteiger partial charge in [-0.3, -0.25) is 9.98 Å². The van der Waals surface area contributed by atoms with Gasteiger partial charge in [0.2, 0.25) is 11.8 Å². The van der Waals surface area contributed by atoms with Crippen molar-refractivity contribution >= 4 is 34.7 Å². The number of aliphatic hydroxyl groups is 2. The molecule has 0 amide bonds. The topological polar surface area (TPSA) is 121 Å². The van der Waals surface area contributed by atoms with E-state index in [2.05, 4.69) is 15.3 Å². The van der Waals surface area contributed by atoms with Gasteiger partial charge in [-0.05, 0) is 30.7 Å². The molecule has 0 saturated heterocycles. The van der Waals surface area contributed by atoms with Crippen LogP contribution in [0.5, 0.6) is 11.8 Å². The molecular formula is C33H31Cl2N5O4. The fraction of sp³-hybridized carbons (Fsp3) is 0.273. The quantitative estimate of drug-likeness (QED) is 0.229. The van der Waals surface area contributed by atoms with E-state index in [0.29, 0.717) is 69.7 Å². The number of amidine groups is 1. The largest absolute Gasteiger partial charge is 0.480 e. The fourth-order valence-electron chi connectivity index (χ4n) is 5.48. The van der Waals surface area contributed by atoms with Crippen LogP contribution in [0.2, 0.25) is 10.0 Å². The minimum Gasteiger partial charge on any atom is -0.480 e. The Morgan fingerprint density at radius 3 is 1.80 bits per heavy atom. The third kappa shape index (κ3) is 5.64. The predicted octanol–water partition coefficient (Wildman–Crippen LogP) is 5.31. The predicted molar refractivity (Wildman–Crippen MR) is 173 cm³/mol. The molecule has 2 atom stereocenters. The van der Waals surface area contributed by atoms with Gasteiger partial charge in [-0.15, -0.1) is 0 Å². The number of aliphatic hydroxyl groups excluding tert-OH is 2. The van der Waals surface area contributed by atoms with Gasteiger partial charge in [-0.25, -0.2) is 9.97 Å². The lowest BCUT2D eigenvalue weighted by Gasteiger charge is -2.16. The van der Waals surface area contributed by atoms with Crippen LogP contribution in [-0.4, -0.2) is 78.3 Å². The number of aromatic nitrogens is 2. The number of nitrogens with zero attached hydrogens (tertiary/aromatic N) is 4. The Morgan fingerprint density at radius 1 is 0.705 bits per heavy atom. The molecule has 0 bridgehead atoms. The molecule has 44 heavy (non-hydrogen) atoms. The normalized spacial score (nSPS) is 17.7. The highest BCUT2D eigenvalue weighted by Crippen LogP contribution is 2.42. The molecule has 0 radical (unpaired) electrons. The highest BCUT2D eigenvalue weighted by molar-refractivity contribution is 6.39. The van der Waals surface area contributed by atoms with Crippen molar-refractivity contribution in [3.63, 3.8) is 0 Å². The Morgan fingerprint density at radius 2 is 1.27 bits per heavy atom. The molecule has 6 rings (SSSR count). The minimum absolute atomic E-state index is 0.0105. The third-order valence-electron chi connectivity index (χ3n) is 7.82. The van der Waals surface area contributed by atoms with E-state index in [-0.39, 0.29) is 25.2 Å². The van der Waals surface area contributed by atoms with Crippen molar-refractivity contribution in [2.75, 3.05) is 40.5 Å². The summed E-state index contributed by atoms with van der Waals surface area (Å²) in [5.41, 5.74) is 6.61. The van der Waals surface area contributed by atoms with Crippen LogP contribution < -0.4 is 14.8 Å². The summed E-state index contributed by atoms with van der Waals surface area (Å²) in [7, 11) is 3.14. The van der Waals surface area contributed by atoms with Gasteiger partial charge >= 0.3 is 0 Å². The summed E-state index contributed by atoms with van der Waals surface area (Å²) in [4.78, 5) is 18.6. The summed E-state index contributed by atoms with van der Waals surface area (Å²) >= 11 is 14.1. The molecule has 2 aromatic heterocycles. The van der Waals surface area contributed by atoms with E-state index < -0.39 is 0 Å². The zero-order valence-corrected chi connectivity index (χ0v) is 25.7. The van der Waals surface area contributed by atoms with Crippen molar-refractivity contribution in [2.24, 2.45) is 15.9 Å². The lowest BCUT2D eigenvalue weighted by molar-refractivity contribution is 0.240. The summed E-state index contributed by atoms with van der Waals surface area (Å²) in [5.74, 6) is 1.60. The van der Waals surface area contributed by atoms with Gasteiger partial charge in [0.05, 0.1) is 66.0 Å². The molecule has 0 aliphatic carbocycles. The second-order valence-electron chi connectivity index (χ2n) is 10.6. The summed E-state index contributed by atoms with van der Waals surface area (Å²) in [5, 5.41) is 23.2. The minimum atomic E-state index is -0.128. The first-order valence-corrected chi connectivity index (χ1v) is 15.0. The van der Waals surface area contributed by atoms with Crippen molar-refractivity contribution in [1.29, 1.82) is 0 Å². The SMILES string of the molecule is COc1nc(-c2cccc(-c3cccc(-c4ccc(C5=NC[C@@H](CO)N5)c(OC)n4)c3Cl)c2Cl)ccc1C1=NC[C@@H](CO)C1. The zero-order chi connectivity index (χ0) is 30.8. The molecule has 0 unspecified atom stereocenters. The van der Waals surface area contributed by atoms with E-state index in [1.54, 1.807) is 14.2 Å². The number of benzene rings is 2. The Balaban J connectivity index is 1.34. The molecular weight excluding hydrogens is 601 g/mol. The van der Waals surface area contributed by atoms with Crippen LogP contribution in [0.25, 0.3) is 33.6 Å². The fourth-order valence-corrected chi connectivity index (χ4v) is 6.13. The number of methoxy groups -OCH3 is 2. The number of halogens is 2. The first-order chi connectivity index (χ1) is 21.4. The number of hydrogen-bond donors (Lipinski definition) is 3. The molecule has 9 nitrogen and oxygen atoms in total. The lowest BCUT2D eigenvalue weighted by atomic mass is 9.97. The van der Waals surface area contributed by atoms with Gasteiger partial charge in [0, 0.05) is 47.0 Å². The molecule has 11 heteroatoms. The van der Waals surface area contributed by atoms with Gasteiger partial charge in [0.1, 0.15) is 5.84 Å². The highest BCUT2D eigenvalue weighted by Gasteiger charge is 2.25. The van der Waals surface area contributed by atoms with Gasteiger partial charge < -0.3 is 25.0 Å². The molecule has 0 saturated carbocycles. The molecule has 2 aliphatic rings. The molecule has 4 aromatic rings. The van der Waals surface area contributed by atoms with Crippen LogP contribution in [0.1, 0.15) is 17.5 Å². The molecule has 226 valence electrons. The maximum absolute atomic E-state index is 9.53. The first kappa shape index (κ1) is 30.0. The van der Waals surface area contributed by atoms with Gasteiger partial charge in [0.15, 0.2) is 0 Å². The second kappa shape index (κ2) is 12.9. The standard InChI is InChI=1S/C33H31Cl2N5O4/c1-43-32-24(28-13-18(16-41)14-36-28)9-11-26(39-32)22-7-3-5-20(29(22)34)21-6-4-8-23(30(21)35)27-12-10-25(33(40-27)44-2)31-37-15-19(17-42)38-31/h3-12,18-19,41-42H,13-17H2,1-2H3,(H,37,38)/t18-,19-/m0/s1. The van der Waals surface area contributed by atoms with Crippen LogP contribution in [-0.2, 0) is 0 Å². The molecule has 0 fully saturated rings. The van der Waals surface area contributed by atoms with Crippen molar-refractivity contribution in [3.05, 3.63) is 81.8 Å². The molecule has 2 aromatic carbocycles. The van der Waals surface area contributed by atoms with Crippen LogP contribution in [0.15, 0.2) is 70.6 Å². The number of aliphatic imine (C=N–C) groups is 2. The summed E-state index contributed by atoms with van der Waals surface area (Å²) in [6.07, 6.45) is 0.679. The van der Waals surface area contributed by atoms with E-state index in [1.165, 1.54) is 0 Å². The number of ether oxygens (including phenoxy) is 2. The van der Waals surface area contributed by atoms with E-state index >= 15 is 0 Å².